The molecule has 3 heterocycles. The van der Waals surface area contributed by atoms with Crippen LogP contribution in [0, 0.1) is 0 Å². The van der Waals surface area contributed by atoms with Gasteiger partial charge in [-0.2, -0.15) is 0 Å². The van der Waals surface area contributed by atoms with E-state index in [1.165, 1.54) is 13.5 Å². The van der Waals surface area contributed by atoms with Crippen LogP contribution in [-0.4, -0.2) is 79.6 Å². The lowest BCUT2D eigenvalue weighted by Crippen LogP contribution is -2.49. The van der Waals surface area contributed by atoms with Crippen LogP contribution in [0.1, 0.15) is 29.8 Å². The molecule has 2 fully saturated rings. The summed E-state index contributed by atoms with van der Waals surface area (Å²) in [6.07, 6.45) is 5.05. The Bertz CT molecular complexity index is 608. The van der Waals surface area contributed by atoms with Crippen LogP contribution < -0.4 is 4.90 Å². The molecule has 3 rings (SSSR count). The molecule has 0 bridgehead atoms. The Morgan fingerprint density at radius 1 is 1.04 bits per heavy atom. The van der Waals surface area contributed by atoms with Crippen molar-refractivity contribution in [3.8, 4) is 0 Å². The highest BCUT2D eigenvalue weighted by Crippen LogP contribution is 2.19. The molecule has 0 N–H and O–H groups in total. The number of rotatable bonds is 4. The molecule has 1 aromatic heterocycles. The number of methoxy groups -OCH3 is 1. The van der Waals surface area contributed by atoms with E-state index >= 15 is 0 Å². The van der Waals surface area contributed by atoms with Crippen LogP contribution in [0.15, 0.2) is 18.3 Å². The van der Waals surface area contributed by atoms with Crippen molar-refractivity contribution in [1.29, 1.82) is 0 Å². The van der Waals surface area contributed by atoms with Crippen molar-refractivity contribution >= 4 is 17.5 Å². The summed E-state index contributed by atoms with van der Waals surface area (Å²) in [6, 6.07) is 3.81. The maximum absolute atomic E-state index is 12.6. The van der Waals surface area contributed by atoms with Gasteiger partial charge in [-0.05, 0) is 31.4 Å². The topological polar surface area (TPSA) is 66.0 Å². The van der Waals surface area contributed by atoms with E-state index in [1.54, 1.807) is 6.20 Å². The lowest BCUT2D eigenvalue weighted by Gasteiger charge is -2.36. The summed E-state index contributed by atoms with van der Waals surface area (Å²) in [7, 11) is 1.53. The third-order valence-electron chi connectivity index (χ3n) is 4.87. The molecule has 0 atom stereocenters. The zero-order valence-corrected chi connectivity index (χ0v) is 14.8. The third kappa shape index (κ3) is 4.28. The van der Waals surface area contributed by atoms with Crippen molar-refractivity contribution < 1.29 is 14.3 Å². The van der Waals surface area contributed by atoms with Gasteiger partial charge < -0.3 is 19.4 Å². The summed E-state index contributed by atoms with van der Waals surface area (Å²) in [4.78, 5) is 34.7. The standard InChI is InChI=1S/C18H26N4O3/c1-25-14-17(23)21-11-9-20(10-12-21)15-5-6-19-16(13-15)18(24)22-7-3-2-4-8-22/h5-6,13H,2-4,7-12,14H2,1H3. The summed E-state index contributed by atoms with van der Waals surface area (Å²) in [5, 5.41) is 0. The highest BCUT2D eigenvalue weighted by atomic mass is 16.5. The van der Waals surface area contributed by atoms with Gasteiger partial charge in [0.2, 0.25) is 5.91 Å². The van der Waals surface area contributed by atoms with Crippen LogP contribution in [0.25, 0.3) is 0 Å². The average molecular weight is 346 g/mol. The molecule has 136 valence electrons. The number of likely N-dealkylation sites (tertiary alicyclic amines) is 1. The number of ether oxygens (including phenoxy) is 1. The minimum Gasteiger partial charge on any atom is -0.375 e. The van der Waals surface area contributed by atoms with E-state index in [0.717, 1.165) is 44.7 Å². The maximum Gasteiger partial charge on any atom is 0.272 e. The summed E-state index contributed by atoms with van der Waals surface area (Å²) in [5.41, 5.74) is 1.51. The number of hydrogen-bond donors (Lipinski definition) is 0. The van der Waals surface area contributed by atoms with Gasteiger partial charge in [-0.15, -0.1) is 0 Å². The van der Waals surface area contributed by atoms with Crippen LogP contribution in [0.2, 0.25) is 0 Å². The third-order valence-corrected chi connectivity index (χ3v) is 4.87. The van der Waals surface area contributed by atoms with Crippen molar-refractivity contribution in [3.63, 3.8) is 0 Å². The van der Waals surface area contributed by atoms with Crippen LogP contribution in [0.4, 0.5) is 5.69 Å². The molecule has 2 aliphatic heterocycles. The number of pyridine rings is 1. The minimum atomic E-state index is 0.0236. The van der Waals surface area contributed by atoms with Crippen LogP contribution in [0.3, 0.4) is 0 Å². The summed E-state index contributed by atoms with van der Waals surface area (Å²) in [6.45, 7) is 4.60. The summed E-state index contributed by atoms with van der Waals surface area (Å²) in [5.74, 6) is 0.0494. The molecule has 7 nitrogen and oxygen atoms in total. The first kappa shape index (κ1) is 17.7. The highest BCUT2D eigenvalue weighted by molar-refractivity contribution is 5.93. The Kier molecular flexibility index (Phi) is 5.86. The van der Waals surface area contributed by atoms with E-state index in [4.69, 9.17) is 4.74 Å². The zero-order valence-electron chi connectivity index (χ0n) is 14.8. The molecule has 7 heteroatoms. The Hall–Kier alpha value is -2.15. The smallest absolute Gasteiger partial charge is 0.272 e. The van der Waals surface area contributed by atoms with E-state index in [1.807, 2.05) is 21.9 Å². The lowest BCUT2D eigenvalue weighted by molar-refractivity contribution is -0.135. The molecule has 2 saturated heterocycles. The molecule has 1 aromatic rings. The number of piperazine rings is 1. The molecule has 2 aliphatic rings. The molecule has 0 aromatic carbocycles. The van der Waals surface area contributed by atoms with Gasteiger partial charge in [-0.1, -0.05) is 0 Å². The van der Waals surface area contributed by atoms with Gasteiger partial charge in [-0.3, -0.25) is 14.6 Å². The Labute approximate surface area is 148 Å². The van der Waals surface area contributed by atoms with Gasteiger partial charge in [0.1, 0.15) is 12.3 Å². The first-order valence-electron chi connectivity index (χ1n) is 8.96. The molecule has 0 saturated carbocycles. The van der Waals surface area contributed by atoms with E-state index in [0.29, 0.717) is 18.8 Å². The molecular weight excluding hydrogens is 320 g/mol. The number of hydrogen-bond acceptors (Lipinski definition) is 5. The van der Waals surface area contributed by atoms with E-state index in [9.17, 15) is 9.59 Å². The molecular formula is C18H26N4O3. The minimum absolute atomic E-state index is 0.0236. The summed E-state index contributed by atoms with van der Waals surface area (Å²) < 4.78 is 4.91. The van der Waals surface area contributed by atoms with Crippen LogP contribution in [-0.2, 0) is 9.53 Å². The van der Waals surface area contributed by atoms with Crippen molar-refractivity contribution in [3.05, 3.63) is 24.0 Å². The van der Waals surface area contributed by atoms with Crippen molar-refractivity contribution in [2.24, 2.45) is 0 Å². The molecule has 0 spiro atoms. The first-order valence-corrected chi connectivity index (χ1v) is 8.96. The van der Waals surface area contributed by atoms with Gasteiger partial charge in [0.25, 0.3) is 5.91 Å². The number of nitrogens with zero attached hydrogens (tertiary/aromatic N) is 4. The molecule has 2 amide bonds. The number of carbonyl (C=O) groups excluding carboxylic acids is 2. The SMILES string of the molecule is COCC(=O)N1CCN(c2ccnc(C(=O)N3CCCCC3)c2)CC1. The second-order valence-electron chi connectivity index (χ2n) is 6.55. The second-order valence-corrected chi connectivity index (χ2v) is 6.55. The largest absolute Gasteiger partial charge is 0.375 e. The zero-order chi connectivity index (χ0) is 17.6. The quantitative estimate of drug-likeness (QED) is 0.814. The van der Waals surface area contributed by atoms with Crippen molar-refractivity contribution in [2.45, 2.75) is 19.3 Å². The van der Waals surface area contributed by atoms with E-state index in [-0.39, 0.29) is 18.4 Å². The Morgan fingerprint density at radius 2 is 1.76 bits per heavy atom. The monoisotopic (exact) mass is 346 g/mol. The summed E-state index contributed by atoms with van der Waals surface area (Å²) >= 11 is 0. The fraction of sp³-hybridized carbons (Fsp3) is 0.611. The molecule has 0 unspecified atom stereocenters. The first-order chi connectivity index (χ1) is 12.2. The molecule has 25 heavy (non-hydrogen) atoms. The maximum atomic E-state index is 12.6. The molecule has 0 radical (unpaired) electrons. The number of aromatic nitrogens is 1. The fourth-order valence-electron chi connectivity index (χ4n) is 3.42. The van der Waals surface area contributed by atoms with E-state index < -0.39 is 0 Å². The normalized spacial score (nSPS) is 18.4. The van der Waals surface area contributed by atoms with Gasteiger partial charge in [0.05, 0.1) is 0 Å². The number of piperidine rings is 1. The lowest BCUT2D eigenvalue weighted by atomic mass is 10.1. The van der Waals surface area contributed by atoms with Crippen LogP contribution in [0.5, 0.6) is 0 Å². The second kappa shape index (κ2) is 8.29. The Morgan fingerprint density at radius 3 is 2.44 bits per heavy atom. The van der Waals surface area contributed by atoms with Gasteiger partial charge in [0.15, 0.2) is 0 Å². The van der Waals surface area contributed by atoms with E-state index in [2.05, 4.69) is 9.88 Å². The predicted octanol–water partition coefficient (Wildman–Crippen LogP) is 1.00. The fourth-order valence-corrected chi connectivity index (χ4v) is 3.42. The predicted molar refractivity (Wildman–Crippen MR) is 94.7 cm³/mol. The van der Waals surface area contributed by atoms with Gasteiger partial charge in [-0.25, -0.2) is 0 Å². The van der Waals surface area contributed by atoms with Crippen molar-refractivity contribution in [2.75, 3.05) is 57.9 Å². The van der Waals surface area contributed by atoms with Crippen LogP contribution >= 0.6 is 0 Å². The Balaban J connectivity index is 1.62. The average Bonchev–Trinajstić information content (AvgIpc) is 2.68. The number of anilines is 1. The van der Waals surface area contributed by atoms with Gasteiger partial charge >= 0.3 is 0 Å². The van der Waals surface area contributed by atoms with Crippen molar-refractivity contribution in [1.82, 2.24) is 14.8 Å². The number of carbonyl (C=O) groups is 2. The highest BCUT2D eigenvalue weighted by Gasteiger charge is 2.23. The van der Waals surface area contributed by atoms with Gasteiger partial charge in [0, 0.05) is 58.3 Å². The molecule has 0 aliphatic carbocycles. The number of amides is 2.